The summed E-state index contributed by atoms with van der Waals surface area (Å²) in [6, 6.07) is 15.0. The minimum atomic E-state index is -4.80. The lowest BCUT2D eigenvalue weighted by Gasteiger charge is -2.16. The molecule has 3 aromatic carbocycles. The number of carbonyl (C=O) groups is 1. The molecule has 0 bridgehead atoms. The van der Waals surface area contributed by atoms with Gasteiger partial charge in [-0.25, -0.2) is 8.42 Å². The fourth-order valence-electron chi connectivity index (χ4n) is 2.77. The van der Waals surface area contributed by atoms with Crippen LogP contribution < -0.4 is 10.0 Å². The van der Waals surface area contributed by atoms with Crippen LogP contribution in [0.3, 0.4) is 0 Å². The molecule has 0 unspecified atom stereocenters. The van der Waals surface area contributed by atoms with Gasteiger partial charge < -0.3 is 5.32 Å². The molecule has 0 saturated carbocycles. The Morgan fingerprint density at radius 1 is 0.935 bits per heavy atom. The molecule has 0 aliphatic heterocycles. The maximum Gasteiger partial charge on any atom is 0.418 e. The van der Waals surface area contributed by atoms with Crippen molar-refractivity contribution in [2.24, 2.45) is 0 Å². The SMILES string of the molecule is Cc1cc(S(=O)(=O)Nc2ccc(Cl)cc2C(F)(F)F)ccc1NC(=O)c1ccccc1. The molecule has 0 heterocycles. The first-order chi connectivity index (χ1) is 14.5. The molecule has 31 heavy (non-hydrogen) atoms. The van der Waals surface area contributed by atoms with E-state index in [1.165, 1.54) is 18.2 Å². The van der Waals surface area contributed by atoms with Crippen molar-refractivity contribution in [3.8, 4) is 0 Å². The Kier molecular flexibility index (Phi) is 6.28. The third-order valence-corrected chi connectivity index (χ3v) is 5.92. The van der Waals surface area contributed by atoms with Crippen LogP contribution in [0.4, 0.5) is 24.5 Å². The molecule has 0 aliphatic rings. The number of carbonyl (C=O) groups excluding carboxylic acids is 1. The van der Waals surface area contributed by atoms with Crippen LogP contribution in [0.1, 0.15) is 21.5 Å². The van der Waals surface area contributed by atoms with Crippen LogP contribution in [0, 0.1) is 6.92 Å². The van der Waals surface area contributed by atoms with E-state index in [0.29, 0.717) is 22.9 Å². The molecule has 1 amide bonds. The van der Waals surface area contributed by atoms with Crippen LogP contribution in [0.2, 0.25) is 5.02 Å². The quantitative estimate of drug-likeness (QED) is 0.503. The van der Waals surface area contributed by atoms with Gasteiger partial charge in [0.1, 0.15) is 0 Å². The van der Waals surface area contributed by atoms with E-state index < -0.39 is 27.5 Å². The van der Waals surface area contributed by atoms with Gasteiger partial charge in [0.05, 0.1) is 16.1 Å². The fourth-order valence-corrected chi connectivity index (χ4v) is 4.11. The number of aryl methyl sites for hydroxylation is 1. The van der Waals surface area contributed by atoms with E-state index in [9.17, 15) is 26.4 Å². The molecule has 2 N–H and O–H groups in total. The van der Waals surface area contributed by atoms with Crippen molar-refractivity contribution >= 4 is 38.9 Å². The van der Waals surface area contributed by atoms with Gasteiger partial charge >= 0.3 is 6.18 Å². The fraction of sp³-hybridized carbons (Fsp3) is 0.0952. The first kappa shape index (κ1) is 22.6. The molecular weight excluding hydrogens is 453 g/mol. The molecular formula is C21H16ClF3N2O3S. The van der Waals surface area contributed by atoms with Crippen molar-refractivity contribution in [1.82, 2.24) is 0 Å². The predicted molar refractivity (Wildman–Crippen MR) is 113 cm³/mol. The topological polar surface area (TPSA) is 75.3 Å². The lowest BCUT2D eigenvalue weighted by molar-refractivity contribution is -0.136. The largest absolute Gasteiger partial charge is 0.418 e. The Morgan fingerprint density at radius 2 is 1.58 bits per heavy atom. The van der Waals surface area contributed by atoms with E-state index in [1.807, 2.05) is 4.72 Å². The Balaban J connectivity index is 1.87. The van der Waals surface area contributed by atoms with E-state index in [1.54, 1.807) is 37.3 Å². The maximum atomic E-state index is 13.3. The molecule has 3 aromatic rings. The highest BCUT2D eigenvalue weighted by molar-refractivity contribution is 7.92. The van der Waals surface area contributed by atoms with Crippen LogP contribution in [0.25, 0.3) is 0 Å². The van der Waals surface area contributed by atoms with Gasteiger partial charge in [0.15, 0.2) is 0 Å². The average Bonchev–Trinajstić information content (AvgIpc) is 2.70. The number of rotatable bonds is 5. The van der Waals surface area contributed by atoms with Gasteiger partial charge in [-0.05, 0) is 61.0 Å². The van der Waals surface area contributed by atoms with Gasteiger partial charge in [0.25, 0.3) is 15.9 Å². The van der Waals surface area contributed by atoms with Crippen LogP contribution in [0.5, 0.6) is 0 Å². The molecule has 0 aliphatic carbocycles. The number of hydrogen-bond donors (Lipinski definition) is 2. The number of halogens is 4. The molecule has 162 valence electrons. The Morgan fingerprint density at radius 3 is 2.19 bits per heavy atom. The Hall–Kier alpha value is -3.04. The second-order valence-corrected chi connectivity index (χ2v) is 8.71. The summed E-state index contributed by atoms with van der Waals surface area (Å²) in [5, 5.41) is 2.50. The average molecular weight is 469 g/mol. The summed E-state index contributed by atoms with van der Waals surface area (Å²) >= 11 is 5.62. The lowest BCUT2D eigenvalue weighted by Crippen LogP contribution is -2.18. The van der Waals surface area contributed by atoms with Crippen LogP contribution in [0.15, 0.2) is 71.6 Å². The third kappa shape index (κ3) is 5.36. The van der Waals surface area contributed by atoms with Crippen LogP contribution >= 0.6 is 11.6 Å². The number of sulfonamides is 1. The van der Waals surface area contributed by atoms with Crippen molar-refractivity contribution in [2.75, 3.05) is 10.0 Å². The number of amides is 1. The molecule has 0 atom stereocenters. The summed E-state index contributed by atoms with van der Waals surface area (Å²) in [5.41, 5.74) is -0.639. The van der Waals surface area contributed by atoms with E-state index in [4.69, 9.17) is 11.6 Å². The van der Waals surface area contributed by atoms with E-state index >= 15 is 0 Å². The molecule has 10 heteroatoms. The second-order valence-electron chi connectivity index (χ2n) is 6.59. The van der Waals surface area contributed by atoms with Gasteiger partial charge in [-0.1, -0.05) is 29.8 Å². The van der Waals surface area contributed by atoms with Crippen molar-refractivity contribution in [3.05, 3.63) is 88.4 Å². The molecule has 0 spiro atoms. The first-order valence-electron chi connectivity index (χ1n) is 8.84. The molecule has 0 saturated heterocycles. The predicted octanol–water partition coefficient (Wildman–Crippen LogP) is 5.72. The molecule has 0 fully saturated rings. The zero-order chi connectivity index (χ0) is 22.8. The number of hydrogen-bond acceptors (Lipinski definition) is 3. The van der Waals surface area contributed by atoms with Crippen LogP contribution in [-0.4, -0.2) is 14.3 Å². The number of benzene rings is 3. The highest BCUT2D eigenvalue weighted by Crippen LogP contribution is 2.37. The minimum Gasteiger partial charge on any atom is -0.322 e. The zero-order valence-corrected chi connectivity index (χ0v) is 17.6. The van der Waals surface area contributed by atoms with Gasteiger partial charge in [0.2, 0.25) is 0 Å². The van der Waals surface area contributed by atoms with Gasteiger partial charge in [-0.3, -0.25) is 9.52 Å². The highest BCUT2D eigenvalue weighted by atomic mass is 35.5. The summed E-state index contributed by atoms with van der Waals surface area (Å²) in [7, 11) is -4.33. The van der Waals surface area contributed by atoms with E-state index in [0.717, 1.165) is 12.1 Å². The summed E-state index contributed by atoms with van der Waals surface area (Å²) in [5.74, 6) is -0.381. The number of alkyl halides is 3. The summed E-state index contributed by atoms with van der Waals surface area (Å²) in [4.78, 5) is 12.0. The molecule has 3 rings (SSSR count). The van der Waals surface area contributed by atoms with Crippen LogP contribution in [-0.2, 0) is 16.2 Å². The molecule has 0 aromatic heterocycles. The minimum absolute atomic E-state index is 0.176. The monoisotopic (exact) mass is 468 g/mol. The molecule has 5 nitrogen and oxygen atoms in total. The zero-order valence-electron chi connectivity index (χ0n) is 16.0. The summed E-state index contributed by atoms with van der Waals surface area (Å²) in [6.45, 7) is 1.57. The van der Waals surface area contributed by atoms with E-state index in [-0.39, 0.29) is 15.8 Å². The Bertz CT molecular complexity index is 1230. The summed E-state index contributed by atoms with van der Waals surface area (Å²) in [6.07, 6.45) is -4.80. The number of anilines is 2. The van der Waals surface area contributed by atoms with Crippen molar-refractivity contribution in [3.63, 3.8) is 0 Å². The smallest absolute Gasteiger partial charge is 0.322 e. The Labute approximate surface area is 181 Å². The highest BCUT2D eigenvalue weighted by Gasteiger charge is 2.35. The standard InChI is InChI=1S/C21H16ClF3N2O3S/c1-13-11-16(8-10-18(13)26-20(28)14-5-3-2-4-6-14)31(29,30)27-19-9-7-15(22)12-17(19)21(23,24)25/h2-12,27H,1H3,(H,26,28). The molecule has 0 radical (unpaired) electrons. The summed E-state index contributed by atoms with van der Waals surface area (Å²) < 4.78 is 67.1. The van der Waals surface area contributed by atoms with Gasteiger partial charge in [-0.2, -0.15) is 13.2 Å². The lowest BCUT2D eigenvalue weighted by atomic mass is 10.1. The van der Waals surface area contributed by atoms with Crippen molar-refractivity contribution in [2.45, 2.75) is 18.0 Å². The third-order valence-electron chi connectivity index (χ3n) is 4.32. The number of nitrogens with one attached hydrogen (secondary N) is 2. The van der Waals surface area contributed by atoms with Gasteiger partial charge in [-0.15, -0.1) is 0 Å². The normalized spacial score (nSPS) is 11.8. The van der Waals surface area contributed by atoms with Crippen molar-refractivity contribution < 1.29 is 26.4 Å². The van der Waals surface area contributed by atoms with Gasteiger partial charge in [0, 0.05) is 16.3 Å². The second kappa shape index (κ2) is 8.60. The first-order valence-corrected chi connectivity index (χ1v) is 10.7. The van der Waals surface area contributed by atoms with Crippen molar-refractivity contribution in [1.29, 1.82) is 0 Å². The maximum absolute atomic E-state index is 13.3. The van der Waals surface area contributed by atoms with E-state index in [2.05, 4.69) is 5.32 Å².